The van der Waals surface area contributed by atoms with Crippen LogP contribution in [0.5, 0.6) is 0 Å². The van der Waals surface area contributed by atoms with Gasteiger partial charge in [-0.1, -0.05) is 19.1 Å². The van der Waals surface area contributed by atoms with Gasteiger partial charge in [0.25, 0.3) is 5.91 Å². The van der Waals surface area contributed by atoms with Crippen LogP contribution < -0.4 is 5.32 Å². The van der Waals surface area contributed by atoms with Crippen LogP contribution >= 0.6 is 0 Å². The maximum Gasteiger partial charge on any atom is 0.337 e. The van der Waals surface area contributed by atoms with Crippen molar-refractivity contribution in [2.24, 2.45) is 0 Å². The van der Waals surface area contributed by atoms with Crippen LogP contribution in [0.25, 0.3) is 17.2 Å². The number of hydrogen-bond donors (Lipinski definition) is 2. The highest BCUT2D eigenvalue weighted by Gasteiger charge is 2.23. The molecule has 0 saturated carbocycles. The number of ether oxygens (including phenoxy) is 1. The number of aryl methyl sites for hydroxylation is 1. The zero-order valence-corrected chi connectivity index (χ0v) is 16.3. The van der Waals surface area contributed by atoms with Gasteiger partial charge in [-0.3, -0.25) is 4.79 Å². The summed E-state index contributed by atoms with van der Waals surface area (Å²) >= 11 is 0. The lowest BCUT2D eigenvalue weighted by atomic mass is 9.98. The monoisotopic (exact) mass is 364 g/mol. The standard InChI is InChI=1S/C22H24N2O3/c1-6-17-12(2)21(25)24-19(17)11-18-13(3)20(14(4)23-18)15-8-7-9-16(10-15)22(26)27-5/h7-11,23H,6H2,1-5H3,(H,24,25)/b19-11-. The molecule has 27 heavy (non-hydrogen) atoms. The molecule has 0 atom stereocenters. The molecule has 1 aliphatic heterocycles. The Labute approximate surface area is 159 Å². The molecule has 0 saturated heterocycles. The number of H-pyrrole nitrogens is 1. The predicted molar refractivity (Wildman–Crippen MR) is 106 cm³/mol. The van der Waals surface area contributed by atoms with Gasteiger partial charge in [-0.15, -0.1) is 0 Å². The van der Waals surface area contributed by atoms with E-state index in [0.717, 1.165) is 51.3 Å². The highest BCUT2D eigenvalue weighted by molar-refractivity contribution is 6.01. The molecular formula is C22H24N2O3. The van der Waals surface area contributed by atoms with Gasteiger partial charge in [-0.2, -0.15) is 0 Å². The lowest BCUT2D eigenvalue weighted by Gasteiger charge is -2.06. The van der Waals surface area contributed by atoms with E-state index in [1.807, 2.05) is 52.0 Å². The van der Waals surface area contributed by atoms with Gasteiger partial charge in [-0.05, 0) is 62.1 Å². The normalized spacial score (nSPS) is 15.4. The van der Waals surface area contributed by atoms with Crippen LogP contribution in [0.15, 0.2) is 41.1 Å². The summed E-state index contributed by atoms with van der Waals surface area (Å²) < 4.78 is 4.82. The number of nitrogens with one attached hydrogen (secondary N) is 2. The third-order valence-electron chi connectivity index (χ3n) is 5.06. The summed E-state index contributed by atoms with van der Waals surface area (Å²) in [4.78, 5) is 27.2. The first-order chi connectivity index (χ1) is 12.9. The molecule has 3 rings (SSSR count). The minimum Gasteiger partial charge on any atom is -0.465 e. The molecule has 140 valence electrons. The van der Waals surface area contributed by atoms with Crippen molar-refractivity contribution < 1.29 is 14.3 Å². The second kappa shape index (κ2) is 7.27. The highest BCUT2D eigenvalue weighted by atomic mass is 16.5. The van der Waals surface area contributed by atoms with E-state index in [-0.39, 0.29) is 11.9 Å². The van der Waals surface area contributed by atoms with Crippen LogP contribution in [-0.2, 0) is 9.53 Å². The largest absolute Gasteiger partial charge is 0.465 e. The summed E-state index contributed by atoms with van der Waals surface area (Å²) in [6.07, 6.45) is 2.78. The number of amides is 1. The lowest BCUT2D eigenvalue weighted by Crippen LogP contribution is -2.15. The van der Waals surface area contributed by atoms with Crippen LogP contribution in [0.3, 0.4) is 0 Å². The van der Waals surface area contributed by atoms with Crippen molar-refractivity contribution in [3.8, 4) is 11.1 Å². The smallest absolute Gasteiger partial charge is 0.337 e. The lowest BCUT2D eigenvalue weighted by molar-refractivity contribution is -0.116. The van der Waals surface area contributed by atoms with Crippen LogP contribution in [-0.4, -0.2) is 24.0 Å². The van der Waals surface area contributed by atoms with Gasteiger partial charge in [0.1, 0.15) is 0 Å². The summed E-state index contributed by atoms with van der Waals surface area (Å²) in [5.74, 6) is -0.392. The molecule has 5 heteroatoms. The number of benzene rings is 1. The number of allylic oxidation sites excluding steroid dienone is 1. The average molecular weight is 364 g/mol. The van der Waals surface area contributed by atoms with Crippen molar-refractivity contribution in [1.29, 1.82) is 0 Å². The maximum atomic E-state index is 12.0. The molecule has 0 fully saturated rings. The van der Waals surface area contributed by atoms with E-state index < -0.39 is 0 Å². The third kappa shape index (κ3) is 3.33. The Morgan fingerprint density at radius 1 is 1.22 bits per heavy atom. The number of hydrogen-bond acceptors (Lipinski definition) is 3. The molecule has 1 amide bonds. The second-order valence-corrected chi connectivity index (χ2v) is 6.71. The first kappa shape index (κ1) is 18.7. The Morgan fingerprint density at radius 2 is 1.96 bits per heavy atom. The molecule has 1 aromatic carbocycles. The first-order valence-corrected chi connectivity index (χ1v) is 8.98. The fourth-order valence-corrected chi connectivity index (χ4v) is 3.62. The third-order valence-corrected chi connectivity index (χ3v) is 5.06. The van der Waals surface area contributed by atoms with Gasteiger partial charge in [-0.25, -0.2) is 4.79 Å². The van der Waals surface area contributed by atoms with Crippen LogP contribution in [0.1, 0.15) is 47.6 Å². The van der Waals surface area contributed by atoms with Gasteiger partial charge in [0.2, 0.25) is 0 Å². The molecule has 0 spiro atoms. The maximum absolute atomic E-state index is 12.0. The molecule has 1 aromatic heterocycles. The Kier molecular flexibility index (Phi) is 5.04. The van der Waals surface area contributed by atoms with E-state index >= 15 is 0 Å². The average Bonchev–Trinajstić information content (AvgIpc) is 3.09. The van der Waals surface area contributed by atoms with E-state index in [1.165, 1.54) is 7.11 Å². The molecule has 0 bridgehead atoms. The Morgan fingerprint density at radius 3 is 2.63 bits per heavy atom. The van der Waals surface area contributed by atoms with E-state index in [1.54, 1.807) is 6.07 Å². The number of carbonyl (C=O) groups is 2. The van der Waals surface area contributed by atoms with Gasteiger partial charge in [0.15, 0.2) is 0 Å². The Bertz CT molecular complexity index is 993. The van der Waals surface area contributed by atoms with Crippen molar-refractivity contribution in [2.45, 2.75) is 34.1 Å². The second-order valence-electron chi connectivity index (χ2n) is 6.71. The zero-order valence-electron chi connectivity index (χ0n) is 16.3. The number of carbonyl (C=O) groups excluding carboxylic acids is 2. The molecule has 1 aliphatic rings. The SMILES string of the molecule is CCC1=C(C)C(=O)N/C1=C\c1[nH]c(C)c(-c2cccc(C(=O)OC)c2)c1C. The van der Waals surface area contributed by atoms with Crippen LogP contribution in [0.2, 0.25) is 0 Å². The molecule has 2 aromatic rings. The fourth-order valence-electron chi connectivity index (χ4n) is 3.62. The molecule has 2 N–H and O–H groups in total. The number of aromatic amines is 1. The predicted octanol–water partition coefficient (Wildman–Crippen LogP) is 4.28. The summed E-state index contributed by atoms with van der Waals surface area (Å²) in [6, 6.07) is 7.41. The highest BCUT2D eigenvalue weighted by Crippen LogP contribution is 2.33. The fraction of sp³-hybridized carbons (Fsp3) is 0.273. The van der Waals surface area contributed by atoms with Gasteiger partial charge in [0, 0.05) is 28.2 Å². The molecular weight excluding hydrogens is 340 g/mol. The molecule has 2 heterocycles. The molecule has 0 unspecified atom stereocenters. The minimum atomic E-state index is -0.355. The van der Waals surface area contributed by atoms with E-state index in [4.69, 9.17) is 4.74 Å². The number of methoxy groups -OCH3 is 1. The van der Waals surface area contributed by atoms with Gasteiger partial charge >= 0.3 is 5.97 Å². The Balaban J connectivity index is 2.06. The Hall–Kier alpha value is -3.08. The summed E-state index contributed by atoms with van der Waals surface area (Å²) in [5.41, 5.74) is 8.20. The summed E-state index contributed by atoms with van der Waals surface area (Å²) in [7, 11) is 1.38. The van der Waals surface area contributed by atoms with Crippen LogP contribution in [0.4, 0.5) is 0 Å². The van der Waals surface area contributed by atoms with Crippen LogP contribution in [0, 0.1) is 13.8 Å². The number of esters is 1. The molecule has 5 nitrogen and oxygen atoms in total. The topological polar surface area (TPSA) is 71.2 Å². The van der Waals surface area contributed by atoms with Gasteiger partial charge in [0.05, 0.1) is 12.7 Å². The van der Waals surface area contributed by atoms with Crippen molar-refractivity contribution in [3.63, 3.8) is 0 Å². The molecule has 0 radical (unpaired) electrons. The number of rotatable bonds is 4. The quantitative estimate of drug-likeness (QED) is 0.796. The van der Waals surface area contributed by atoms with E-state index in [2.05, 4.69) is 10.3 Å². The summed E-state index contributed by atoms with van der Waals surface area (Å²) in [5, 5.41) is 2.95. The van der Waals surface area contributed by atoms with Crippen molar-refractivity contribution in [3.05, 3.63) is 63.6 Å². The number of aromatic nitrogens is 1. The van der Waals surface area contributed by atoms with Gasteiger partial charge < -0.3 is 15.0 Å². The van der Waals surface area contributed by atoms with Crippen molar-refractivity contribution in [2.75, 3.05) is 7.11 Å². The van der Waals surface area contributed by atoms with E-state index in [9.17, 15) is 9.59 Å². The molecule has 0 aliphatic carbocycles. The first-order valence-electron chi connectivity index (χ1n) is 8.98. The van der Waals surface area contributed by atoms with E-state index in [0.29, 0.717) is 5.56 Å². The minimum absolute atomic E-state index is 0.0370. The van der Waals surface area contributed by atoms with Crippen molar-refractivity contribution >= 4 is 18.0 Å². The van der Waals surface area contributed by atoms with Crippen molar-refractivity contribution in [1.82, 2.24) is 10.3 Å². The summed E-state index contributed by atoms with van der Waals surface area (Å²) in [6.45, 7) is 7.94. The zero-order chi connectivity index (χ0) is 19.7.